The lowest BCUT2D eigenvalue weighted by Crippen LogP contribution is -2.42. The largest absolute Gasteiger partial charge is 0.493 e. The minimum atomic E-state index is 0.338. The van der Waals surface area contributed by atoms with Gasteiger partial charge in [0.1, 0.15) is 6.10 Å². The number of fused-ring (bicyclic) bond motifs is 2. The van der Waals surface area contributed by atoms with E-state index in [1.165, 1.54) is 12.8 Å². The van der Waals surface area contributed by atoms with Gasteiger partial charge in [-0.15, -0.1) is 0 Å². The fourth-order valence-corrected chi connectivity index (χ4v) is 3.00. The monoisotopic (exact) mass is 233 g/mol. The van der Waals surface area contributed by atoms with Crippen molar-refractivity contribution in [1.29, 1.82) is 0 Å². The summed E-state index contributed by atoms with van der Waals surface area (Å²) in [4.78, 5) is 0. The van der Waals surface area contributed by atoms with E-state index in [0.717, 1.165) is 24.3 Å². The molecule has 0 spiro atoms. The third-order valence-electron chi connectivity index (χ3n) is 3.79. The van der Waals surface area contributed by atoms with Gasteiger partial charge in [-0.05, 0) is 37.8 Å². The number of piperidine rings is 1. The average Bonchev–Trinajstić information content (AvgIpc) is 2.69. The molecule has 2 aliphatic heterocycles. The normalized spacial score (nSPS) is 31.2. The zero-order chi connectivity index (χ0) is 11.7. The highest BCUT2D eigenvalue weighted by Gasteiger charge is 2.34. The molecule has 3 rings (SSSR count). The number of benzene rings is 1. The van der Waals surface area contributed by atoms with Gasteiger partial charge in [-0.2, -0.15) is 0 Å². The Kier molecular flexibility index (Phi) is 2.93. The highest BCUT2D eigenvalue weighted by Crippen LogP contribution is 2.33. The molecule has 2 unspecified atom stereocenters. The Morgan fingerprint density at radius 2 is 1.71 bits per heavy atom. The van der Waals surface area contributed by atoms with Crippen LogP contribution in [0.1, 0.15) is 25.7 Å². The topological polar surface area (TPSA) is 30.5 Å². The molecule has 2 heterocycles. The summed E-state index contributed by atoms with van der Waals surface area (Å²) in [5.74, 6) is 1.71. The molecule has 1 aromatic rings. The summed E-state index contributed by atoms with van der Waals surface area (Å²) < 4.78 is 11.4. The van der Waals surface area contributed by atoms with E-state index in [-0.39, 0.29) is 0 Å². The van der Waals surface area contributed by atoms with Crippen molar-refractivity contribution in [2.24, 2.45) is 0 Å². The van der Waals surface area contributed by atoms with Crippen LogP contribution in [0.4, 0.5) is 0 Å². The number of para-hydroxylation sites is 2. The van der Waals surface area contributed by atoms with Crippen molar-refractivity contribution in [2.45, 2.75) is 43.9 Å². The smallest absolute Gasteiger partial charge is 0.161 e. The van der Waals surface area contributed by atoms with E-state index in [1.807, 2.05) is 24.3 Å². The quantitative estimate of drug-likeness (QED) is 0.869. The van der Waals surface area contributed by atoms with Crippen LogP contribution in [0.3, 0.4) is 0 Å². The Bertz CT molecular complexity index is 382. The van der Waals surface area contributed by atoms with Crippen LogP contribution >= 0.6 is 0 Å². The lowest BCUT2D eigenvalue weighted by molar-refractivity contribution is 0.133. The fourth-order valence-electron chi connectivity index (χ4n) is 3.00. The Morgan fingerprint density at radius 1 is 1.06 bits per heavy atom. The minimum absolute atomic E-state index is 0.338. The molecule has 3 nitrogen and oxygen atoms in total. The summed E-state index contributed by atoms with van der Waals surface area (Å²) in [6, 6.07) is 9.22. The number of rotatable bonds is 3. The van der Waals surface area contributed by atoms with Crippen molar-refractivity contribution in [1.82, 2.24) is 5.32 Å². The summed E-state index contributed by atoms with van der Waals surface area (Å²) in [7, 11) is 1.69. The van der Waals surface area contributed by atoms with Crippen LogP contribution in [0.25, 0.3) is 0 Å². The summed E-state index contributed by atoms with van der Waals surface area (Å²) in [6.45, 7) is 0. The van der Waals surface area contributed by atoms with E-state index in [1.54, 1.807) is 7.11 Å². The van der Waals surface area contributed by atoms with E-state index in [2.05, 4.69) is 5.32 Å². The molecule has 2 saturated heterocycles. The first kappa shape index (κ1) is 10.9. The van der Waals surface area contributed by atoms with Gasteiger partial charge in [0.2, 0.25) is 0 Å². The number of ether oxygens (including phenoxy) is 2. The van der Waals surface area contributed by atoms with E-state index in [0.29, 0.717) is 18.2 Å². The standard InChI is InChI=1S/C14H19NO2/c1-16-13-4-2-3-5-14(13)17-12-8-10-6-7-11(9-12)15-10/h2-5,10-12,15H,6-9H2,1H3. The molecule has 3 heteroatoms. The number of nitrogens with one attached hydrogen (secondary N) is 1. The Hall–Kier alpha value is -1.22. The highest BCUT2D eigenvalue weighted by molar-refractivity contribution is 5.39. The van der Waals surface area contributed by atoms with Crippen molar-refractivity contribution >= 4 is 0 Å². The molecular formula is C14H19NO2. The van der Waals surface area contributed by atoms with Crippen LogP contribution < -0.4 is 14.8 Å². The van der Waals surface area contributed by atoms with Crippen LogP contribution in [-0.4, -0.2) is 25.3 Å². The van der Waals surface area contributed by atoms with Crippen LogP contribution in [0, 0.1) is 0 Å². The van der Waals surface area contributed by atoms with Crippen molar-refractivity contribution < 1.29 is 9.47 Å². The first-order valence-electron chi connectivity index (χ1n) is 6.41. The molecule has 0 radical (unpaired) electrons. The number of hydrogen-bond acceptors (Lipinski definition) is 3. The summed E-state index contributed by atoms with van der Waals surface area (Å²) in [5.41, 5.74) is 0. The first-order valence-corrected chi connectivity index (χ1v) is 6.41. The van der Waals surface area contributed by atoms with Gasteiger partial charge in [-0.3, -0.25) is 0 Å². The van der Waals surface area contributed by atoms with Crippen LogP contribution in [-0.2, 0) is 0 Å². The second-order valence-electron chi connectivity index (χ2n) is 5.00. The van der Waals surface area contributed by atoms with Crippen molar-refractivity contribution in [3.63, 3.8) is 0 Å². The maximum atomic E-state index is 6.09. The molecule has 1 N–H and O–H groups in total. The van der Waals surface area contributed by atoms with Gasteiger partial charge in [-0.25, -0.2) is 0 Å². The summed E-state index contributed by atoms with van der Waals surface area (Å²) >= 11 is 0. The molecule has 0 amide bonds. The van der Waals surface area contributed by atoms with E-state index >= 15 is 0 Å². The minimum Gasteiger partial charge on any atom is -0.493 e. The van der Waals surface area contributed by atoms with Crippen LogP contribution in [0.5, 0.6) is 11.5 Å². The fraction of sp³-hybridized carbons (Fsp3) is 0.571. The Labute approximate surface area is 102 Å². The van der Waals surface area contributed by atoms with Gasteiger partial charge >= 0.3 is 0 Å². The van der Waals surface area contributed by atoms with Gasteiger partial charge in [0, 0.05) is 12.1 Å². The molecule has 2 bridgehead atoms. The van der Waals surface area contributed by atoms with Crippen LogP contribution in [0.15, 0.2) is 24.3 Å². The molecular weight excluding hydrogens is 214 g/mol. The lowest BCUT2D eigenvalue weighted by Gasteiger charge is -2.29. The predicted molar refractivity (Wildman–Crippen MR) is 66.6 cm³/mol. The SMILES string of the molecule is COc1ccccc1OC1CC2CCC(C1)N2. The maximum Gasteiger partial charge on any atom is 0.161 e. The van der Waals surface area contributed by atoms with Gasteiger partial charge in [-0.1, -0.05) is 12.1 Å². The second kappa shape index (κ2) is 4.57. The van der Waals surface area contributed by atoms with Crippen LogP contribution in [0.2, 0.25) is 0 Å². The van der Waals surface area contributed by atoms with Gasteiger partial charge < -0.3 is 14.8 Å². The molecule has 0 aliphatic carbocycles. The first-order chi connectivity index (χ1) is 8.35. The molecule has 2 fully saturated rings. The predicted octanol–water partition coefficient (Wildman–Crippen LogP) is 2.36. The zero-order valence-corrected chi connectivity index (χ0v) is 10.2. The van der Waals surface area contributed by atoms with Crippen molar-refractivity contribution in [3.05, 3.63) is 24.3 Å². The molecule has 1 aromatic carbocycles. The molecule has 92 valence electrons. The van der Waals surface area contributed by atoms with E-state index in [9.17, 15) is 0 Å². The summed E-state index contributed by atoms with van der Waals surface area (Å²) in [5, 5.41) is 3.62. The van der Waals surface area contributed by atoms with E-state index < -0.39 is 0 Å². The van der Waals surface area contributed by atoms with Crippen molar-refractivity contribution in [2.75, 3.05) is 7.11 Å². The van der Waals surface area contributed by atoms with Gasteiger partial charge in [0.05, 0.1) is 7.11 Å². The second-order valence-corrected chi connectivity index (χ2v) is 5.00. The molecule has 2 aliphatic rings. The van der Waals surface area contributed by atoms with Crippen molar-refractivity contribution in [3.8, 4) is 11.5 Å². The maximum absolute atomic E-state index is 6.09. The molecule has 17 heavy (non-hydrogen) atoms. The lowest BCUT2D eigenvalue weighted by atomic mass is 10.0. The summed E-state index contributed by atoms with van der Waals surface area (Å²) in [6.07, 6.45) is 5.18. The Morgan fingerprint density at radius 3 is 2.35 bits per heavy atom. The molecule has 0 aromatic heterocycles. The zero-order valence-electron chi connectivity index (χ0n) is 10.2. The number of hydrogen-bond donors (Lipinski definition) is 1. The third kappa shape index (κ3) is 2.25. The molecule has 0 saturated carbocycles. The Balaban J connectivity index is 1.70. The number of methoxy groups -OCH3 is 1. The van der Waals surface area contributed by atoms with Gasteiger partial charge in [0.25, 0.3) is 0 Å². The van der Waals surface area contributed by atoms with E-state index in [4.69, 9.17) is 9.47 Å². The molecule has 2 atom stereocenters. The third-order valence-corrected chi connectivity index (χ3v) is 3.79. The average molecular weight is 233 g/mol. The highest BCUT2D eigenvalue weighted by atomic mass is 16.5. The van der Waals surface area contributed by atoms with Gasteiger partial charge in [0.15, 0.2) is 11.5 Å².